The van der Waals surface area contributed by atoms with Crippen LogP contribution in [0.4, 0.5) is 4.39 Å². The van der Waals surface area contributed by atoms with Crippen LogP contribution < -0.4 is 10.1 Å². The monoisotopic (exact) mass is 358 g/mol. The molecule has 2 aromatic carbocycles. The van der Waals surface area contributed by atoms with E-state index in [4.69, 9.17) is 4.74 Å². The van der Waals surface area contributed by atoms with Crippen LogP contribution >= 0.6 is 0 Å². The van der Waals surface area contributed by atoms with Gasteiger partial charge in [0, 0.05) is 13.6 Å². The maximum atomic E-state index is 13.0. The molecule has 0 saturated carbocycles. The molecule has 0 radical (unpaired) electrons. The lowest BCUT2D eigenvalue weighted by Gasteiger charge is -2.19. The third kappa shape index (κ3) is 5.58. The second-order valence-electron chi connectivity index (χ2n) is 5.92. The van der Waals surface area contributed by atoms with Crippen molar-refractivity contribution in [2.24, 2.45) is 0 Å². The van der Waals surface area contributed by atoms with Crippen LogP contribution in [0.1, 0.15) is 29.3 Å². The summed E-state index contributed by atoms with van der Waals surface area (Å²) in [6, 6.07) is 12.8. The Hall–Kier alpha value is -2.89. The summed E-state index contributed by atoms with van der Waals surface area (Å²) >= 11 is 0. The maximum absolute atomic E-state index is 13.0. The molecule has 138 valence electrons. The number of likely N-dealkylation sites (N-methyl/N-ethyl adjacent to an activating group) is 1. The minimum Gasteiger partial charge on any atom is -0.488 e. The molecular formula is C20H23FN2O3. The number of halogens is 1. The molecule has 0 aliphatic carbocycles. The number of nitrogens with zero attached hydrogens (tertiary/aromatic N) is 1. The first-order valence-corrected chi connectivity index (χ1v) is 8.49. The lowest BCUT2D eigenvalue weighted by atomic mass is 10.1. The van der Waals surface area contributed by atoms with Gasteiger partial charge in [0.25, 0.3) is 5.91 Å². The number of rotatable bonds is 8. The maximum Gasteiger partial charge on any atom is 0.257 e. The van der Waals surface area contributed by atoms with Crippen molar-refractivity contribution in [3.8, 4) is 5.75 Å². The summed E-state index contributed by atoms with van der Waals surface area (Å²) in [7, 11) is 1.57. The van der Waals surface area contributed by atoms with Crippen LogP contribution in [0.25, 0.3) is 0 Å². The first-order chi connectivity index (χ1) is 12.5. The number of nitrogens with one attached hydrogen (secondary N) is 1. The molecule has 2 rings (SSSR count). The zero-order valence-electron chi connectivity index (χ0n) is 15.0. The van der Waals surface area contributed by atoms with E-state index >= 15 is 0 Å². The van der Waals surface area contributed by atoms with Gasteiger partial charge in [0.05, 0.1) is 12.1 Å². The number of carbonyl (C=O) groups excluding carboxylic acids is 2. The average Bonchev–Trinajstić information content (AvgIpc) is 2.65. The van der Waals surface area contributed by atoms with Crippen LogP contribution in [-0.4, -0.2) is 36.9 Å². The van der Waals surface area contributed by atoms with E-state index in [1.54, 1.807) is 43.4 Å². The van der Waals surface area contributed by atoms with E-state index in [2.05, 4.69) is 5.32 Å². The molecule has 0 aromatic heterocycles. The van der Waals surface area contributed by atoms with Crippen molar-refractivity contribution in [3.63, 3.8) is 0 Å². The highest BCUT2D eigenvalue weighted by atomic mass is 19.1. The van der Waals surface area contributed by atoms with Crippen molar-refractivity contribution in [2.75, 3.05) is 20.1 Å². The molecule has 26 heavy (non-hydrogen) atoms. The van der Waals surface area contributed by atoms with Gasteiger partial charge >= 0.3 is 0 Å². The molecule has 2 amide bonds. The highest BCUT2D eigenvalue weighted by molar-refractivity contribution is 5.98. The topological polar surface area (TPSA) is 58.6 Å². The molecular weight excluding hydrogens is 335 g/mol. The van der Waals surface area contributed by atoms with E-state index < -0.39 is 0 Å². The van der Waals surface area contributed by atoms with Gasteiger partial charge in [0.2, 0.25) is 5.91 Å². The lowest BCUT2D eigenvalue weighted by molar-refractivity contribution is -0.121. The second kappa shape index (κ2) is 9.56. The number of para-hydroxylation sites is 1. The Balaban J connectivity index is 2.03. The minimum absolute atomic E-state index is 0.0227. The summed E-state index contributed by atoms with van der Waals surface area (Å²) in [5.41, 5.74) is 1.17. The van der Waals surface area contributed by atoms with Gasteiger partial charge < -0.3 is 15.0 Å². The van der Waals surface area contributed by atoms with Crippen LogP contribution in [0, 0.1) is 5.82 Å². The molecule has 0 spiro atoms. The number of benzene rings is 2. The van der Waals surface area contributed by atoms with Crippen molar-refractivity contribution >= 4 is 11.8 Å². The molecule has 0 fully saturated rings. The zero-order chi connectivity index (χ0) is 18.9. The fourth-order valence-electron chi connectivity index (χ4n) is 2.32. The fourth-order valence-corrected chi connectivity index (χ4v) is 2.32. The predicted octanol–water partition coefficient (Wildman–Crippen LogP) is 3.00. The molecule has 2 aromatic rings. The third-order valence-electron chi connectivity index (χ3n) is 3.72. The third-order valence-corrected chi connectivity index (χ3v) is 3.72. The van der Waals surface area contributed by atoms with Crippen molar-refractivity contribution in [3.05, 3.63) is 65.5 Å². The number of carbonyl (C=O) groups is 2. The fraction of sp³-hybridized carbons (Fsp3) is 0.300. The van der Waals surface area contributed by atoms with E-state index in [0.717, 1.165) is 12.0 Å². The Bertz CT molecular complexity index is 747. The Labute approximate surface area is 152 Å². The van der Waals surface area contributed by atoms with E-state index in [-0.39, 0.29) is 30.8 Å². The molecule has 1 N–H and O–H groups in total. The Morgan fingerprint density at radius 2 is 1.81 bits per heavy atom. The van der Waals surface area contributed by atoms with Crippen molar-refractivity contribution in [1.82, 2.24) is 10.2 Å². The SMILES string of the molecule is CCCNC(=O)CN(C)C(=O)c1ccccc1OCc1ccc(F)cc1. The summed E-state index contributed by atoms with van der Waals surface area (Å²) in [6.45, 7) is 2.73. The highest BCUT2D eigenvalue weighted by Crippen LogP contribution is 2.21. The molecule has 0 aliphatic heterocycles. The number of hydrogen-bond acceptors (Lipinski definition) is 3. The Kier molecular flexibility index (Phi) is 7.14. The molecule has 0 saturated heterocycles. The zero-order valence-corrected chi connectivity index (χ0v) is 15.0. The quantitative estimate of drug-likeness (QED) is 0.789. The lowest BCUT2D eigenvalue weighted by Crippen LogP contribution is -2.38. The van der Waals surface area contributed by atoms with Crippen LogP contribution in [0.2, 0.25) is 0 Å². The summed E-state index contributed by atoms with van der Waals surface area (Å²) < 4.78 is 18.7. The summed E-state index contributed by atoms with van der Waals surface area (Å²) in [6.07, 6.45) is 0.837. The van der Waals surface area contributed by atoms with Gasteiger partial charge in [-0.15, -0.1) is 0 Å². The van der Waals surface area contributed by atoms with Crippen LogP contribution in [0.15, 0.2) is 48.5 Å². The van der Waals surface area contributed by atoms with E-state index in [9.17, 15) is 14.0 Å². The van der Waals surface area contributed by atoms with Crippen molar-refractivity contribution in [2.45, 2.75) is 20.0 Å². The molecule has 0 heterocycles. The largest absolute Gasteiger partial charge is 0.488 e. The van der Waals surface area contributed by atoms with Gasteiger partial charge in [0.15, 0.2) is 0 Å². The van der Waals surface area contributed by atoms with Gasteiger partial charge in [-0.05, 0) is 36.2 Å². The van der Waals surface area contributed by atoms with Crippen LogP contribution in [-0.2, 0) is 11.4 Å². The normalized spacial score (nSPS) is 10.3. The Morgan fingerprint density at radius 1 is 1.12 bits per heavy atom. The molecule has 5 nitrogen and oxygen atoms in total. The van der Waals surface area contributed by atoms with E-state index in [0.29, 0.717) is 17.9 Å². The second-order valence-corrected chi connectivity index (χ2v) is 5.92. The van der Waals surface area contributed by atoms with Gasteiger partial charge in [-0.25, -0.2) is 4.39 Å². The van der Waals surface area contributed by atoms with Gasteiger partial charge in [-0.1, -0.05) is 31.2 Å². The van der Waals surface area contributed by atoms with E-state index in [1.807, 2.05) is 6.92 Å². The van der Waals surface area contributed by atoms with Crippen molar-refractivity contribution in [1.29, 1.82) is 0 Å². The molecule has 0 unspecified atom stereocenters. The van der Waals surface area contributed by atoms with Gasteiger partial charge in [-0.2, -0.15) is 0 Å². The summed E-state index contributed by atoms with van der Waals surface area (Å²) in [4.78, 5) is 25.8. The standard InChI is InChI=1S/C20H23FN2O3/c1-3-12-22-19(24)13-23(2)20(25)17-6-4-5-7-18(17)26-14-15-8-10-16(21)11-9-15/h4-11H,3,12-14H2,1-2H3,(H,22,24). The average molecular weight is 358 g/mol. The van der Waals surface area contributed by atoms with E-state index in [1.165, 1.54) is 17.0 Å². The Morgan fingerprint density at radius 3 is 2.50 bits per heavy atom. The van der Waals surface area contributed by atoms with Crippen molar-refractivity contribution < 1.29 is 18.7 Å². The number of hydrogen-bond donors (Lipinski definition) is 1. The molecule has 6 heteroatoms. The molecule has 0 bridgehead atoms. The summed E-state index contributed by atoms with van der Waals surface area (Å²) in [5.74, 6) is -0.395. The first-order valence-electron chi connectivity index (χ1n) is 8.49. The highest BCUT2D eigenvalue weighted by Gasteiger charge is 2.18. The number of ether oxygens (including phenoxy) is 1. The molecule has 0 aliphatic rings. The smallest absolute Gasteiger partial charge is 0.257 e. The first kappa shape index (κ1) is 19.4. The molecule has 0 atom stereocenters. The van der Waals surface area contributed by atoms with Crippen LogP contribution in [0.5, 0.6) is 5.75 Å². The minimum atomic E-state index is -0.313. The van der Waals surface area contributed by atoms with Gasteiger partial charge in [-0.3, -0.25) is 9.59 Å². The van der Waals surface area contributed by atoms with Crippen LogP contribution in [0.3, 0.4) is 0 Å². The number of amides is 2. The predicted molar refractivity (Wildman–Crippen MR) is 97.4 cm³/mol. The summed E-state index contributed by atoms with van der Waals surface area (Å²) in [5, 5.41) is 2.74. The van der Waals surface area contributed by atoms with Gasteiger partial charge in [0.1, 0.15) is 18.2 Å².